The van der Waals surface area contributed by atoms with Gasteiger partial charge in [-0.3, -0.25) is 10.1 Å². The molecule has 1 aromatic heterocycles. The van der Waals surface area contributed by atoms with E-state index in [2.05, 4.69) is 27.8 Å². The van der Waals surface area contributed by atoms with Crippen molar-refractivity contribution in [3.05, 3.63) is 70.7 Å². The van der Waals surface area contributed by atoms with E-state index in [0.29, 0.717) is 10.8 Å². The average molecular weight is 495 g/mol. The highest BCUT2D eigenvalue weighted by Gasteiger charge is 2.29. The van der Waals surface area contributed by atoms with Crippen LogP contribution in [0.5, 0.6) is 0 Å². The Bertz CT molecular complexity index is 1200. The zero-order chi connectivity index (χ0) is 24.9. The second-order valence-corrected chi connectivity index (χ2v) is 9.35. The molecule has 35 heavy (non-hydrogen) atoms. The number of anilines is 1. The van der Waals surface area contributed by atoms with E-state index < -0.39 is 24.0 Å². The fourth-order valence-corrected chi connectivity index (χ4v) is 4.82. The molecule has 0 unspecified atom stereocenters. The Morgan fingerprint density at radius 2 is 1.71 bits per heavy atom. The van der Waals surface area contributed by atoms with Crippen LogP contribution in [0.3, 0.4) is 0 Å². The van der Waals surface area contributed by atoms with Gasteiger partial charge in [-0.25, -0.2) is 14.6 Å². The van der Waals surface area contributed by atoms with E-state index >= 15 is 0 Å². The van der Waals surface area contributed by atoms with Crippen molar-refractivity contribution in [2.75, 3.05) is 32.6 Å². The van der Waals surface area contributed by atoms with Crippen LogP contribution in [0.15, 0.2) is 53.9 Å². The number of hydrogen-bond donors (Lipinski definition) is 3. The van der Waals surface area contributed by atoms with Crippen LogP contribution in [0.4, 0.5) is 9.93 Å². The standard InChI is InChI=1S/C25H26N4O5S/c1-29(2)12-21(23(31)32)27-22(30)11-15-14-35-24(26-15)28-25(33)34-13-20-18-9-5-3-7-16(18)17-8-4-6-10-19(17)20/h3-10,14,20-21H,11-13H2,1-2H3,(H,27,30)(H,31,32)(H,26,28,33)/t21-/m0/s1. The molecule has 2 amide bonds. The molecule has 9 nitrogen and oxygen atoms in total. The van der Waals surface area contributed by atoms with Crippen molar-refractivity contribution in [2.24, 2.45) is 0 Å². The third-order valence-corrected chi connectivity index (χ3v) is 6.43. The predicted octanol–water partition coefficient (Wildman–Crippen LogP) is 3.18. The molecule has 0 bridgehead atoms. The smallest absolute Gasteiger partial charge is 0.413 e. The van der Waals surface area contributed by atoms with Gasteiger partial charge in [0.2, 0.25) is 5.91 Å². The molecular weight excluding hydrogens is 468 g/mol. The van der Waals surface area contributed by atoms with Gasteiger partial charge in [-0.2, -0.15) is 0 Å². The Morgan fingerprint density at radius 1 is 1.09 bits per heavy atom. The lowest BCUT2D eigenvalue weighted by atomic mass is 9.98. The molecular formula is C25H26N4O5S. The lowest BCUT2D eigenvalue weighted by Crippen LogP contribution is -2.47. The highest BCUT2D eigenvalue weighted by molar-refractivity contribution is 7.13. The SMILES string of the molecule is CN(C)C[C@H](NC(=O)Cc1csc(NC(=O)OCC2c3ccccc3-c3ccccc32)n1)C(=O)O. The second kappa shape index (κ2) is 10.7. The Hall–Kier alpha value is -3.76. The molecule has 0 saturated carbocycles. The molecule has 182 valence electrons. The van der Waals surface area contributed by atoms with Gasteiger partial charge in [0, 0.05) is 17.8 Å². The number of carboxylic acids is 1. The van der Waals surface area contributed by atoms with Crippen LogP contribution < -0.4 is 10.6 Å². The van der Waals surface area contributed by atoms with Gasteiger partial charge in [0.25, 0.3) is 0 Å². The van der Waals surface area contributed by atoms with Crippen LogP contribution in [0.2, 0.25) is 0 Å². The van der Waals surface area contributed by atoms with Crippen molar-refractivity contribution in [3.63, 3.8) is 0 Å². The Labute approximate surface area is 206 Å². The first-order valence-electron chi connectivity index (χ1n) is 11.0. The van der Waals surface area contributed by atoms with E-state index in [9.17, 15) is 19.5 Å². The fourth-order valence-electron chi connectivity index (χ4n) is 4.13. The molecule has 0 fully saturated rings. The highest BCUT2D eigenvalue weighted by atomic mass is 32.1. The molecule has 0 spiro atoms. The van der Waals surface area contributed by atoms with Gasteiger partial charge >= 0.3 is 12.1 Å². The number of nitrogens with one attached hydrogen (secondary N) is 2. The van der Waals surface area contributed by atoms with Crippen LogP contribution in [0, 0.1) is 0 Å². The lowest BCUT2D eigenvalue weighted by Gasteiger charge is -2.18. The molecule has 0 aliphatic heterocycles. The van der Waals surface area contributed by atoms with Crippen molar-refractivity contribution in [2.45, 2.75) is 18.4 Å². The Morgan fingerprint density at radius 3 is 2.31 bits per heavy atom. The molecule has 3 N–H and O–H groups in total. The maximum absolute atomic E-state index is 12.4. The first-order chi connectivity index (χ1) is 16.8. The van der Waals surface area contributed by atoms with Crippen molar-refractivity contribution < 1.29 is 24.2 Å². The van der Waals surface area contributed by atoms with E-state index in [1.807, 2.05) is 36.4 Å². The van der Waals surface area contributed by atoms with Crippen LogP contribution >= 0.6 is 11.3 Å². The summed E-state index contributed by atoms with van der Waals surface area (Å²) >= 11 is 1.16. The summed E-state index contributed by atoms with van der Waals surface area (Å²) in [6.45, 7) is 0.357. The van der Waals surface area contributed by atoms with Gasteiger partial charge in [-0.05, 0) is 36.3 Å². The molecule has 3 aromatic rings. The van der Waals surface area contributed by atoms with E-state index in [1.165, 1.54) is 0 Å². The molecule has 0 radical (unpaired) electrons. The molecule has 1 aliphatic rings. The number of hydrogen-bond acceptors (Lipinski definition) is 7. The summed E-state index contributed by atoms with van der Waals surface area (Å²) in [5.74, 6) is -1.62. The maximum atomic E-state index is 12.4. The van der Waals surface area contributed by atoms with Gasteiger partial charge in [0.05, 0.1) is 12.1 Å². The summed E-state index contributed by atoms with van der Waals surface area (Å²) in [4.78, 5) is 41.9. The molecule has 0 saturated heterocycles. The predicted molar refractivity (Wildman–Crippen MR) is 133 cm³/mol. The van der Waals surface area contributed by atoms with E-state index in [-0.39, 0.29) is 25.5 Å². The third-order valence-electron chi connectivity index (χ3n) is 5.63. The normalized spacial score (nSPS) is 13.1. The minimum absolute atomic E-state index is 0.0481. The molecule has 1 heterocycles. The van der Waals surface area contributed by atoms with Crippen LogP contribution in [-0.2, 0) is 20.7 Å². The number of benzene rings is 2. The summed E-state index contributed by atoms with van der Waals surface area (Å²) in [5.41, 5.74) is 4.97. The first-order valence-corrected chi connectivity index (χ1v) is 11.9. The number of carbonyl (C=O) groups is 3. The highest BCUT2D eigenvalue weighted by Crippen LogP contribution is 2.44. The number of carbonyl (C=O) groups excluding carboxylic acids is 2. The number of ether oxygens (including phenoxy) is 1. The summed E-state index contributed by atoms with van der Waals surface area (Å²) < 4.78 is 5.52. The van der Waals surface area contributed by atoms with Crippen LogP contribution in [0.1, 0.15) is 22.7 Å². The van der Waals surface area contributed by atoms with E-state index in [0.717, 1.165) is 33.6 Å². The number of carboxylic acid groups (broad SMARTS) is 1. The van der Waals surface area contributed by atoms with Crippen molar-refractivity contribution in [3.8, 4) is 11.1 Å². The summed E-state index contributed by atoms with van der Waals surface area (Å²) in [6.07, 6.45) is -0.728. The van der Waals surface area contributed by atoms with Gasteiger partial charge in [0.1, 0.15) is 12.6 Å². The largest absolute Gasteiger partial charge is 0.480 e. The maximum Gasteiger partial charge on any atom is 0.413 e. The number of nitrogens with zero attached hydrogens (tertiary/aromatic N) is 2. The van der Waals surface area contributed by atoms with Crippen molar-refractivity contribution in [1.82, 2.24) is 15.2 Å². The number of thiazole rings is 1. The minimum Gasteiger partial charge on any atom is -0.480 e. The van der Waals surface area contributed by atoms with Gasteiger partial charge in [-0.15, -0.1) is 11.3 Å². The topological polar surface area (TPSA) is 121 Å². The zero-order valence-corrected chi connectivity index (χ0v) is 20.2. The summed E-state index contributed by atoms with van der Waals surface area (Å²) in [7, 11) is 3.45. The van der Waals surface area contributed by atoms with Crippen LogP contribution in [-0.4, -0.2) is 66.2 Å². The number of aliphatic carboxylic acids is 1. The van der Waals surface area contributed by atoms with Crippen molar-refractivity contribution in [1.29, 1.82) is 0 Å². The number of likely N-dealkylation sites (N-methyl/N-ethyl adjacent to an activating group) is 1. The average Bonchev–Trinajstić information content (AvgIpc) is 3.38. The Kier molecular flexibility index (Phi) is 7.42. The van der Waals surface area contributed by atoms with E-state index in [4.69, 9.17) is 4.74 Å². The van der Waals surface area contributed by atoms with Gasteiger partial charge in [-0.1, -0.05) is 48.5 Å². The van der Waals surface area contributed by atoms with Gasteiger partial charge < -0.3 is 20.1 Å². The Balaban J connectivity index is 1.31. The molecule has 1 aliphatic carbocycles. The number of amides is 2. The molecule has 2 aromatic carbocycles. The van der Waals surface area contributed by atoms with E-state index in [1.54, 1.807) is 24.4 Å². The van der Waals surface area contributed by atoms with Crippen LogP contribution in [0.25, 0.3) is 11.1 Å². The number of rotatable bonds is 9. The molecule has 10 heteroatoms. The third kappa shape index (κ3) is 5.84. The number of fused-ring (bicyclic) bond motifs is 3. The second-order valence-electron chi connectivity index (χ2n) is 8.49. The summed E-state index contributed by atoms with van der Waals surface area (Å²) in [6, 6.07) is 15.2. The monoisotopic (exact) mass is 494 g/mol. The lowest BCUT2D eigenvalue weighted by molar-refractivity contribution is -0.142. The molecule has 1 atom stereocenters. The van der Waals surface area contributed by atoms with Gasteiger partial charge in [0.15, 0.2) is 5.13 Å². The zero-order valence-electron chi connectivity index (χ0n) is 19.4. The first kappa shape index (κ1) is 24.4. The van der Waals surface area contributed by atoms with Crippen molar-refractivity contribution >= 4 is 34.4 Å². The quantitative estimate of drug-likeness (QED) is 0.418. The fraction of sp³-hybridized carbons (Fsp3) is 0.280. The minimum atomic E-state index is -1.11. The summed E-state index contributed by atoms with van der Waals surface area (Å²) in [5, 5.41) is 16.3. The number of aromatic nitrogens is 1. The molecule has 4 rings (SSSR count).